The fraction of sp³-hybridized carbons (Fsp3) is 0.200. The summed E-state index contributed by atoms with van der Waals surface area (Å²) >= 11 is 2.06. The monoisotopic (exact) mass is 320 g/mol. The van der Waals surface area contributed by atoms with E-state index in [4.69, 9.17) is 4.74 Å². The molecular weight excluding hydrogens is 311 g/mol. The number of hydrogen-bond donors (Lipinski definition) is 0. The number of carbonyl (C=O) groups is 2. The van der Waals surface area contributed by atoms with Crippen molar-refractivity contribution in [2.24, 2.45) is 0 Å². The molecule has 1 rings (SSSR count). The number of halogens is 1. The molecule has 0 aliphatic rings. The van der Waals surface area contributed by atoms with E-state index in [9.17, 15) is 9.59 Å². The van der Waals surface area contributed by atoms with Crippen LogP contribution in [0, 0.1) is 3.57 Å². The zero-order valence-electron chi connectivity index (χ0n) is 8.24. The summed E-state index contributed by atoms with van der Waals surface area (Å²) in [4.78, 5) is 22.1. The molecular formula is C10H9IO4. The molecule has 0 unspecified atom stereocenters. The van der Waals surface area contributed by atoms with Crippen LogP contribution < -0.4 is 4.74 Å². The molecule has 0 spiro atoms. The summed E-state index contributed by atoms with van der Waals surface area (Å²) in [6.07, 6.45) is 0. The van der Waals surface area contributed by atoms with Gasteiger partial charge in [0.15, 0.2) is 0 Å². The number of benzene rings is 1. The highest BCUT2D eigenvalue weighted by molar-refractivity contribution is 14.1. The maximum absolute atomic E-state index is 11.3. The van der Waals surface area contributed by atoms with Crippen LogP contribution in [0.25, 0.3) is 0 Å². The second-order valence-electron chi connectivity index (χ2n) is 2.73. The molecule has 0 aromatic heterocycles. The predicted molar refractivity (Wildman–Crippen MR) is 61.8 cm³/mol. The van der Waals surface area contributed by atoms with Gasteiger partial charge in [-0.1, -0.05) is 0 Å². The van der Waals surface area contributed by atoms with Crippen LogP contribution >= 0.6 is 22.6 Å². The molecule has 4 nitrogen and oxygen atoms in total. The SMILES string of the molecule is COC(=O)c1ccc(I)cc1OC(C)=O. The van der Waals surface area contributed by atoms with Crippen LogP contribution in [-0.2, 0) is 9.53 Å². The third-order valence-electron chi connectivity index (χ3n) is 1.60. The van der Waals surface area contributed by atoms with Gasteiger partial charge in [-0.3, -0.25) is 4.79 Å². The van der Waals surface area contributed by atoms with Gasteiger partial charge in [-0.05, 0) is 40.8 Å². The molecule has 0 amide bonds. The average molecular weight is 320 g/mol. The normalized spacial score (nSPS) is 9.53. The minimum absolute atomic E-state index is 0.223. The average Bonchev–Trinajstić information content (AvgIpc) is 2.16. The van der Waals surface area contributed by atoms with Crippen LogP contribution in [-0.4, -0.2) is 19.0 Å². The molecule has 0 aliphatic heterocycles. The summed E-state index contributed by atoms with van der Waals surface area (Å²) in [6, 6.07) is 4.90. The van der Waals surface area contributed by atoms with E-state index in [-0.39, 0.29) is 11.3 Å². The fourth-order valence-electron chi connectivity index (χ4n) is 1.01. The Balaban J connectivity index is 3.13. The summed E-state index contributed by atoms with van der Waals surface area (Å²) in [5, 5.41) is 0. The lowest BCUT2D eigenvalue weighted by Gasteiger charge is -2.07. The Morgan fingerprint density at radius 2 is 2.00 bits per heavy atom. The first-order chi connectivity index (χ1) is 7.04. The van der Waals surface area contributed by atoms with Gasteiger partial charge in [0, 0.05) is 10.5 Å². The van der Waals surface area contributed by atoms with Crippen molar-refractivity contribution in [1.82, 2.24) is 0 Å². The van der Waals surface area contributed by atoms with Crippen molar-refractivity contribution >= 4 is 34.5 Å². The van der Waals surface area contributed by atoms with Crippen LogP contribution in [0.4, 0.5) is 0 Å². The van der Waals surface area contributed by atoms with Crippen molar-refractivity contribution in [3.05, 3.63) is 27.3 Å². The summed E-state index contributed by atoms with van der Waals surface area (Å²) in [6.45, 7) is 1.28. The highest BCUT2D eigenvalue weighted by atomic mass is 127. The van der Waals surface area contributed by atoms with Gasteiger partial charge in [-0.15, -0.1) is 0 Å². The van der Waals surface area contributed by atoms with Gasteiger partial charge < -0.3 is 9.47 Å². The van der Waals surface area contributed by atoms with Gasteiger partial charge in [-0.25, -0.2) is 4.79 Å². The van der Waals surface area contributed by atoms with Crippen LogP contribution in [0.3, 0.4) is 0 Å². The Labute approximate surface area is 101 Å². The van der Waals surface area contributed by atoms with Crippen LogP contribution in [0.1, 0.15) is 17.3 Å². The van der Waals surface area contributed by atoms with Gasteiger partial charge in [-0.2, -0.15) is 0 Å². The minimum Gasteiger partial charge on any atom is -0.465 e. The lowest BCUT2D eigenvalue weighted by molar-refractivity contribution is -0.131. The van der Waals surface area contributed by atoms with Gasteiger partial charge in [0.05, 0.1) is 7.11 Å². The Hall–Kier alpha value is -1.11. The summed E-state index contributed by atoms with van der Waals surface area (Å²) in [5.41, 5.74) is 0.244. The molecule has 80 valence electrons. The van der Waals surface area contributed by atoms with E-state index < -0.39 is 11.9 Å². The van der Waals surface area contributed by atoms with E-state index in [0.29, 0.717) is 0 Å². The minimum atomic E-state index is -0.525. The van der Waals surface area contributed by atoms with E-state index in [1.807, 2.05) is 0 Å². The largest absolute Gasteiger partial charge is 0.465 e. The molecule has 0 saturated heterocycles. The van der Waals surface area contributed by atoms with Crippen molar-refractivity contribution in [3.8, 4) is 5.75 Å². The number of hydrogen-bond acceptors (Lipinski definition) is 4. The van der Waals surface area contributed by atoms with Crippen molar-refractivity contribution in [2.75, 3.05) is 7.11 Å². The maximum Gasteiger partial charge on any atom is 0.341 e. The predicted octanol–water partition coefficient (Wildman–Crippen LogP) is 2.00. The fourth-order valence-corrected chi connectivity index (χ4v) is 1.48. The highest BCUT2D eigenvalue weighted by Gasteiger charge is 2.14. The van der Waals surface area contributed by atoms with Gasteiger partial charge in [0.2, 0.25) is 0 Å². The van der Waals surface area contributed by atoms with E-state index in [0.717, 1.165) is 3.57 Å². The molecule has 0 bridgehead atoms. The Morgan fingerprint density at radius 1 is 1.33 bits per heavy atom. The first-order valence-corrected chi connectivity index (χ1v) is 5.18. The summed E-state index contributed by atoms with van der Waals surface area (Å²) in [5.74, 6) is -0.772. The van der Waals surface area contributed by atoms with Crippen molar-refractivity contribution in [1.29, 1.82) is 0 Å². The molecule has 0 heterocycles. The van der Waals surface area contributed by atoms with E-state index >= 15 is 0 Å². The van der Waals surface area contributed by atoms with E-state index in [1.54, 1.807) is 18.2 Å². The molecule has 1 aromatic rings. The first kappa shape index (κ1) is 12.0. The number of esters is 2. The number of methoxy groups -OCH3 is 1. The lowest BCUT2D eigenvalue weighted by Crippen LogP contribution is -2.09. The molecule has 0 atom stereocenters. The molecule has 0 aliphatic carbocycles. The maximum atomic E-state index is 11.3. The lowest BCUT2D eigenvalue weighted by atomic mass is 10.2. The highest BCUT2D eigenvalue weighted by Crippen LogP contribution is 2.22. The first-order valence-electron chi connectivity index (χ1n) is 4.11. The zero-order valence-corrected chi connectivity index (χ0v) is 10.4. The van der Waals surface area contributed by atoms with Crippen molar-refractivity contribution < 1.29 is 19.1 Å². The molecule has 0 fully saturated rings. The standard InChI is InChI=1S/C10H9IO4/c1-6(12)15-9-5-7(11)3-4-8(9)10(13)14-2/h3-5H,1-2H3. The van der Waals surface area contributed by atoms with E-state index in [1.165, 1.54) is 14.0 Å². The second kappa shape index (κ2) is 5.11. The van der Waals surface area contributed by atoms with Crippen LogP contribution in [0.15, 0.2) is 18.2 Å². The molecule has 1 aromatic carbocycles. The van der Waals surface area contributed by atoms with Crippen molar-refractivity contribution in [2.45, 2.75) is 6.92 Å². The summed E-state index contributed by atoms with van der Waals surface area (Å²) < 4.78 is 10.3. The smallest absolute Gasteiger partial charge is 0.341 e. The Bertz CT molecular complexity index is 400. The molecule has 0 N–H and O–H groups in total. The van der Waals surface area contributed by atoms with E-state index in [2.05, 4.69) is 27.3 Å². The van der Waals surface area contributed by atoms with Gasteiger partial charge in [0.1, 0.15) is 11.3 Å². The van der Waals surface area contributed by atoms with Gasteiger partial charge in [0.25, 0.3) is 0 Å². The number of carbonyl (C=O) groups excluding carboxylic acids is 2. The molecule has 0 radical (unpaired) electrons. The van der Waals surface area contributed by atoms with Crippen molar-refractivity contribution in [3.63, 3.8) is 0 Å². The third kappa shape index (κ3) is 3.19. The molecule has 0 saturated carbocycles. The molecule has 5 heteroatoms. The summed E-state index contributed by atoms with van der Waals surface area (Å²) in [7, 11) is 1.28. The Morgan fingerprint density at radius 3 is 2.53 bits per heavy atom. The van der Waals surface area contributed by atoms with Gasteiger partial charge >= 0.3 is 11.9 Å². The zero-order chi connectivity index (χ0) is 11.4. The van der Waals surface area contributed by atoms with Crippen LogP contribution in [0.5, 0.6) is 5.75 Å². The third-order valence-corrected chi connectivity index (χ3v) is 2.27. The quantitative estimate of drug-likeness (QED) is 0.475. The topological polar surface area (TPSA) is 52.6 Å². The number of rotatable bonds is 2. The Kier molecular flexibility index (Phi) is 4.07. The number of ether oxygens (including phenoxy) is 2. The molecule has 15 heavy (non-hydrogen) atoms. The second-order valence-corrected chi connectivity index (χ2v) is 3.97. The van der Waals surface area contributed by atoms with Crippen LogP contribution in [0.2, 0.25) is 0 Å².